The molecule has 134 valence electrons. The molecular weight excluding hydrogens is 344 g/mol. The van der Waals surface area contributed by atoms with Gasteiger partial charge in [-0.3, -0.25) is 9.59 Å². The van der Waals surface area contributed by atoms with Gasteiger partial charge in [0.1, 0.15) is 0 Å². The molecule has 1 N–H and O–H groups in total. The van der Waals surface area contributed by atoms with E-state index in [2.05, 4.69) is 38.2 Å². The van der Waals surface area contributed by atoms with E-state index in [0.29, 0.717) is 5.69 Å². The number of carbonyl (C=O) groups is 1. The molecule has 3 aromatic rings. The van der Waals surface area contributed by atoms with Gasteiger partial charge in [0.25, 0.3) is 0 Å². The van der Waals surface area contributed by atoms with Gasteiger partial charge < -0.3 is 9.88 Å². The molecule has 0 atom stereocenters. The first-order chi connectivity index (χ1) is 12.2. The van der Waals surface area contributed by atoms with Crippen LogP contribution in [0.3, 0.4) is 0 Å². The van der Waals surface area contributed by atoms with Crippen LogP contribution in [0.5, 0.6) is 0 Å². The monoisotopic (exact) mass is 366 g/mol. The first-order valence-corrected chi connectivity index (χ1v) is 9.25. The lowest BCUT2D eigenvalue weighted by Crippen LogP contribution is -2.10. The van der Waals surface area contributed by atoms with Crippen molar-refractivity contribution in [2.75, 3.05) is 5.32 Å². The number of nitrogens with one attached hydrogen (secondary N) is 1. The summed E-state index contributed by atoms with van der Waals surface area (Å²) >= 11 is 1.17. The molecule has 2 aromatic carbocycles. The molecule has 0 spiro atoms. The Morgan fingerprint density at radius 1 is 1.12 bits per heavy atom. The second kappa shape index (κ2) is 6.92. The SMILES string of the molecule is Cn1c(=O)sc2cc(NC(=O)/C=C/c3ccc(C(C)(C)C)cc3)ccc21. The Bertz CT molecular complexity index is 1030. The Labute approximate surface area is 156 Å². The number of fused-ring (bicyclic) bond motifs is 1. The summed E-state index contributed by atoms with van der Waals surface area (Å²) in [6.07, 6.45) is 3.31. The number of anilines is 1. The summed E-state index contributed by atoms with van der Waals surface area (Å²) in [5.41, 5.74) is 3.89. The van der Waals surface area contributed by atoms with Crippen LogP contribution in [0, 0.1) is 0 Å². The second-order valence-electron chi connectivity index (χ2n) is 7.30. The quantitative estimate of drug-likeness (QED) is 0.692. The Morgan fingerprint density at radius 2 is 1.81 bits per heavy atom. The number of carbonyl (C=O) groups excluding carboxylic acids is 1. The zero-order valence-electron chi connectivity index (χ0n) is 15.4. The molecule has 0 fully saturated rings. The number of hydrogen-bond donors (Lipinski definition) is 1. The maximum absolute atomic E-state index is 12.2. The largest absolute Gasteiger partial charge is 0.322 e. The van der Waals surface area contributed by atoms with Gasteiger partial charge in [0.05, 0.1) is 10.2 Å². The highest BCUT2D eigenvalue weighted by atomic mass is 32.1. The van der Waals surface area contributed by atoms with Gasteiger partial charge in [-0.25, -0.2) is 0 Å². The van der Waals surface area contributed by atoms with Crippen molar-refractivity contribution in [3.8, 4) is 0 Å². The Morgan fingerprint density at radius 3 is 2.46 bits per heavy atom. The van der Waals surface area contributed by atoms with Crippen molar-refractivity contribution in [1.82, 2.24) is 4.57 Å². The third kappa shape index (κ3) is 3.94. The standard InChI is InChI=1S/C21H22N2O2S/c1-21(2,3)15-8-5-14(6-9-15)7-12-19(24)22-16-10-11-17-18(13-16)26-20(25)23(17)4/h5-13H,1-4H3,(H,22,24)/b12-7+. The van der Waals surface area contributed by atoms with Crippen molar-refractivity contribution in [1.29, 1.82) is 0 Å². The Balaban J connectivity index is 1.70. The highest BCUT2D eigenvalue weighted by Gasteiger charge is 2.12. The van der Waals surface area contributed by atoms with Crippen molar-refractivity contribution in [2.45, 2.75) is 26.2 Å². The minimum atomic E-state index is -0.201. The van der Waals surface area contributed by atoms with E-state index < -0.39 is 0 Å². The van der Waals surface area contributed by atoms with Gasteiger partial charge in [-0.05, 0) is 40.8 Å². The number of hydrogen-bond acceptors (Lipinski definition) is 3. The van der Waals surface area contributed by atoms with Crippen molar-refractivity contribution < 1.29 is 4.79 Å². The fourth-order valence-electron chi connectivity index (χ4n) is 2.66. The number of rotatable bonds is 3. The van der Waals surface area contributed by atoms with Crippen molar-refractivity contribution >= 4 is 39.2 Å². The zero-order valence-corrected chi connectivity index (χ0v) is 16.2. The van der Waals surface area contributed by atoms with E-state index in [0.717, 1.165) is 15.8 Å². The number of nitrogens with zero attached hydrogens (tertiary/aromatic N) is 1. The topological polar surface area (TPSA) is 51.1 Å². The highest BCUT2D eigenvalue weighted by Crippen LogP contribution is 2.23. The minimum absolute atomic E-state index is 0.0120. The second-order valence-corrected chi connectivity index (χ2v) is 8.30. The summed E-state index contributed by atoms with van der Waals surface area (Å²) in [4.78, 5) is 23.8. The number of aryl methyl sites for hydroxylation is 1. The summed E-state index contributed by atoms with van der Waals surface area (Å²) in [6, 6.07) is 13.7. The normalized spacial score (nSPS) is 12.0. The van der Waals surface area contributed by atoms with Crippen LogP contribution >= 0.6 is 11.3 Å². The maximum Gasteiger partial charge on any atom is 0.307 e. The number of benzene rings is 2. The fourth-order valence-corrected chi connectivity index (χ4v) is 3.58. The number of thiazole rings is 1. The molecule has 3 rings (SSSR count). The lowest BCUT2D eigenvalue weighted by Gasteiger charge is -2.18. The molecule has 0 saturated heterocycles. The lowest BCUT2D eigenvalue weighted by molar-refractivity contribution is -0.111. The first-order valence-electron chi connectivity index (χ1n) is 8.43. The van der Waals surface area contributed by atoms with Crippen molar-refractivity contribution in [3.05, 3.63) is 69.3 Å². The fraction of sp³-hybridized carbons (Fsp3) is 0.238. The van der Waals surface area contributed by atoms with Gasteiger partial charge >= 0.3 is 4.87 Å². The summed E-state index contributed by atoms with van der Waals surface area (Å²) in [7, 11) is 1.74. The number of amides is 1. The van der Waals surface area contributed by atoms with Crippen LogP contribution in [0.2, 0.25) is 0 Å². The van der Waals surface area contributed by atoms with E-state index in [1.807, 2.05) is 24.3 Å². The van der Waals surface area contributed by atoms with Gasteiger partial charge in [0, 0.05) is 18.8 Å². The van der Waals surface area contributed by atoms with Crippen LogP contribution in [0.4, 0.5) is 5.69 Å². The molecule has 5 heteroatoms. The molecule has 1 amide bonds. The highest BCUT2D eigenvalue weighted by molar-refractivity contribution is 7.16. The van der Waals surface area contributed by atoms with Gasteiger partial charge in [-0.15, -0.1) is 0 Å². The third-order valence-electron chi connectivity index (χ3n) is 4.26. The molecule has 4 nitrogen and oxygen atoms in total. The van der Waals surface area contributed by atoms with Gasteiger partial charge in [0.15, 0.2) is 0 Å². The third-order valence-corrected chi connectivity index (χ3v) is 5.26. The van der Waals surface area contributed by atoms with Gasteiger partial charge in [-0.1, -0.05) is 56.4 Å². The van der Waals surface area contributed by atoms with Crippen LogP contribution in [0.15, 0.2) is 53.3 Å². The average molecular weight is 366 g/mol. The van der Waals surface area contributed by atoms with E-state index in [1.165, 1.54) is 23.0 Å². The van der Waals surface area contributed by atoms with Crippen LogP contribution in [-0.4, -0.2) is 10.5 Å². The van der Waals surface area contributed by atoms with E-state index >= 15 is 0 Å². The summed E-state index contributed by atoms with van der Waals surface area (Å²) in [5.74, 6) is -0.201. The van der Waals surface area contributed by atoms with Crippen LogP contribution < -0.4 is 10.2 Å². The molecule has 0 radical (unpaired) electrons. The molecule has 0 aliphatic rings. The van der Waals surface area contributed by atoms with Crippen LogP contribution in [0.1, 0.15) is 31.9 Å². The smallest absolute Gasteiger partial charge is 0.307 e. The Hall–Kier alpha value is -2.66. The average Bonchev–Trinajstić information content (AvgIpc) is 2.86. The molecule has 0 aliphatic heterocycles. The minimum Gasteiger partial charge on any atom is -0.322 e. The van der Waals surface area contributed by atoms with E-state index in [-0.39, 0.29) is 16.2 Å². The van der Waals surface area contributed by atoms with Crippen LogP contribution in [0.25, 0.3) is 16.3 Å². The summed E-state index contributed by atoms with van der Waals surface area (Å²) in [6.45, 7) is 6.52. The lowest BCUT2D eigenvalue weighted by atomic mass is 9.87. The van der Waals surface area contributed by atoms with Crippen LogP contribution in [-0.2, 0) is 17.3 Å². The van der Waals surface area contributed by atoms with Crippen molar-refractivity contribution in [3.63, 3.8) is 0 Å². The summed E-state index contributed by atoms with van der Waals surface area (Å²) in [5, 5.41) is 2.84. The number of aromatic nitrogens is 1. The molecule has 26 heavy (non-hydrogen) atoms. The van der Waals surface area contributed by atoms with E-state index in [9.17, 15) is 9.59 Å². The van der Waals surface area contributed by atoms with Crippen molar-refractivity contribution in [2.24, 2.45) is 7.05 Å². The Kier molecular flexibility index (Phi) is 4.83. The van der Waals surface area contributed by atoms with E-state index in [1.54, 1.807) is 23.8 Å². The molecule has 1 aromatic heterocycles. The van der Waals surface area contributed by atoms with Gasteiger partial charge in [0.2, 0.25) is 5.91 Å². The predicted octanol–water partition coefficient (Wildman–Crippen LogP) is 4.55. The first kappa shape index (κ1) is 18.1. The molecule has 0 aliphatic carbocycles. The van der Waals surface area contributed by atoms with E-state index in [4.69, 9.17) is 0 Å². The zero-order chi connectivity index (χ0) is 18.9. The summed E-state index contributed by atoms with van der Waals surface area (Å²) < 4.78 is 2.46. The molecular formula is C21H22N2O2S. The molecule has 0 saturated carbocycles. The molecule has 0 bridgehead atoms. The predicted molar refractivity (Wildman–Crippen MR) is 110 cm³/mol. The molecule has 1 heterocycles. The molecule has 0 unspecified atom stereocenters. The van der Waals surface area contributed by atoms with Gasteiger partial charge in [-0.2, -0.15) is 0 Å². The maximum atomic E-state index is 12.2.